The van der Waals surface area contributed by atoms with Crippen molar-refractivity contribution in [1.82, 2.24) is 14.7 Å². The van der Waals surface area contributed by atoms with Crippen molar-refractivity contribution in [2.24, 2.45) is 0 Å². The summed E-state index contributed by atoms with van der Waals surface area (Å²) in [5, 5.41) is 2.95. The van der Waals surface area contributed by atoms with E-state index in [9.17, 15) is 9.59 Å². The third kappa shape index (κ3) is 5.10. The standard InChI is InChI=1S/C20H26N4O3/c1-22(2)19(25)15-23-10-4-11-24(13-12-23)20(26)21-17-8-6-16(7-9-17)18-5-3-14-27-18/h3,5-9,14H,4,10-13,15H2,1-2H3,(H,21,26). The third-order valence-electron chi connectivity index (χ3n) is 4.68. The van der Waals surface area contributed by atoms with Crippen molar-refractivity contribution in [2.45, 2.75) is 6.42 Å². The molecule has 1 aromatic heterocycles. The van der Waals surface area contributed by atoms with Gasteiger partial charge in [0.15, 0.2) is 0 Å². The lowest BCUT2D eigenvalue weighted by Crippen LogP contribution is -2.40. The number of urea groups is 1. The highest BCUT2D eigenvalue weighted by atomic mass is 16.3. The minimum Gasteiger partial charge on any atom is -0.464 e. The molecule has 1 aliphatic rings. The molecular formula is C20H26N4O3. The van der Waals surface area contributed by atoms with Crippen molar-refractivity contribution in [3.05, 3.63) is 42.7 Å². The van der Waals surface area contributed by atoms with Crippen LogP contribution >= 0.6 is 0 Å². The minimum absolute atomic E-state index is 0.0875. The Hall–Kier alpha value is -2.80. The van der Waals surface area contributed by atoms with E-state index < -0.39 is 0 Å². The number of furan rings is 1. The second-order valence-electron chi connectivity index (χ2n) is 6.89. The third-order valence-corrected chi connectivity index (χ3v) is 4.68. The molecule has 1 fully saturated rings. The number of likely N-dealkylation sites (N-methyl/N-ethyl adjacent to an activating group) is 1. The number of hydrogen-bond acceptors (Lipinski definition) is 4. The van der Waals surface area contributed by atoms with Crippen molar-refractivity contribution in [3.63, 3.8) is 0 Å². The van der Waals surface area contributed by atoms with Gasteiger partial charge in [-0.15, -0.1) is 0 Å². The fraction of sp³-hybridized carbons (Fsp3) is 0.400. The summed E-state index contributed by atoms with van der Waals surface area (Å²) < 4.78 is 5.37. The normalized spacial score (nSPS) is 15.3. The number of carbonyl (C=O) groups is 2. The number of nitrogens with zero attached hydrogens (tertiary/aromatic N) is 3. The summed E-state index contributed by atoms with van der Waals surface area (Å²) in [6.45, 7) is 3.21. The van der Waals surface area contributed by atoms with Crippen LogP contribution in [0.5, 0.6) is 0 Å². The Balaban J connectivity index is 1.53. The molecule has 7 nitrogen and oxygen atoms in total. The van der Waals surface area contributed by atoms with E-state index in [0.717, 1.165) is 30.0 Å². The predicted molar refractivity (Wildman–Crippen MR) is 104 cm³/mol. The molecule has 1 saturated heterocycles. The van der Waals surface area contributed by atoms with Gasteiger partial charge in [0.2, 0.25) is 5.91 Å². The Bertz CT molecular complexity index is 756. The molecule has 2 heterocycles. The molecule has 0 aliphatic carbocycles. The van der Waals surface area contributed by atoms with E-state index in [-0.39, 0.29) is 11.9 Å². The number of hydrogen-bond donors (Lipinski definition) is 1. The minimum atomic E-state index is -0.110. The maximum atomic E-state index is 12.6. The first kappa shape index (κ1) is 19.0. The first-order valence-electron chi connectivity index (χ1n) is 9.15. The van der Waals surface area contributed by atoms with Gasteiger partial charge in [0.1, 0.15) is 5.76 Å². The molecule has 3 amide bonds. The molecule has 0 saturated carbocycles. The Morgan fingerprint density at radius 2 is 1.85 bits per heavy atom. The van der Waals surface area contributed by atoms with E-state index in [2.05, 4.69) is 10.2 Å². The van der Waals surface area contributed by atoms with Crippen molar-refractivity contribution >= 4 is 17.6 Å². The zero-order valence-corrected chi connectivity index (χ0v) is 15.9. The van der Waals surface area contributed by atoms with Gasteiger partial charge in [-0.05, 0) is 42.8 Å². The van der Waals surface area contributed by atoms with Crippen molar-refractivity contribution in [1.29, 1.82) is 0 Å². The first-order valence-corrected chi connectivity index (χ1v) is 9.15. The van der Waals surface area contributed by atoms with E-state index >= 15 is 0 Å². The van der Waals surface area contributed by atoms with Crippen LogP contribution in [0.4, 0.5) is 10.5 Å². The van der Waals surface area contributed by atoms with Gasteiger partial charge in [-0.3, -0.25) is 9.69 Å². The summed E-state index contributed by atoms with van der Waals surface area (Å²) in [4.78, 5) is 30.0. The molecule has 0 bridgehead atoms. The highest BCUT2D eigenvalue weighted by molar-refractivity contribution is 5.89. The number of carbonyl (C=O) groups excluding carboxylic acids is 2. The summed E-state index contributed by atoms with van der Waals surface area (Å²) in [6.07, 6.45) is 2.49. The van der Waals surface area contributed by atoms with Gasteiger partial charge in [0, 0.05) is 51.5 Å². The van der Waals surface area contributed by atoms with Gasteiger partial charge in [0.25, 0.3) is 0 Å². The average Bonchev–Trinajstić information content (AvgIpc) is 3.09. The molecule has 0 spiro atoms. The molecule has 3 rings (SSSR count). The van der Waals surface area contributed by atoms with Crippen LogP contribution in [-0.2, 0) is 4.79 Å². The van der Waals surface area contributed by atoms with E-state index in [4.69, 9.17) is 4.42 Å². The largest absolute Gasteiger partial charge is 0.464 e. The second-order valence-corrected chi connectivity index (χ2v) is 6.89. The quantitative estimate of drug-likeness (QED) is 0.898. The van der Waals surface area contributed by atoms with Crippen LogP contribution < -0.4 is 5.32 Å². The van der Waals surface area contributed by atoms with Gasteiger partial charge in [-0.25, -0.2) is 4.79 Å². The summed E-state index contributed by atoms with van der Waals surface area (Å²) in [7, 11) is 3.52. The van der Waals surface area contributed by atoms with Crippen LogP contribution in [0.3, 0.4) is 0 Å². The molecule has 2 aromatic rings. The molecular weight excluding hydrogens is 344 g/mol. The molecule has 27 heavy (non-hydrogen) atoms. The number of rotatable bonds is 4. The number of anilines is 1. The highest BCUT2D eigenvalue weighted by Gasteiger charge is 2.21. The zero-order chi connectivity index (χ0) is 19.2. The highest BCUT2D eigenvalue weighted by Crippen LogP contribution is 2.22. The molecule has 1 aliphatic heterocycles. The summed E-state index contributed by atoms with van der Waals surface area (Å²) >= 11 is 0. The molecule has 0 unspecified atom stereocenters. The van der Waals surface area contributed by atoms with Crippen molar-refractivity contribution < 1.29 is 14.0 Å². The van der Waals surface area contributed by atoms with Crippen LogP contribution in [-0.4, -0.2) is 73.5 Å². The Morgan fingerprint density at radius 1 is 1.07 bits per heavy atom. The summed E-state index contributed by atoms with van der Waals surface area (Å²) in [6, 6.07) is 11.2. The van der Waals surface area contributed by atoms with Crippen LogP contribution in [0.15, 0.2) is 47.1 Å². The summed E-state index contributed by atoms with van der Waals surface area (Å²) in [5.41, 5.74) is 1.72. The summed E-state index contributed by atoms with van der Waals surface area (Å²) in [5.74, 6) is 0.886. The van der Waals surface area contributed by atoms with Crippen LogP contribution in [0, 0.1) is 0 Å². The number of amides is 3. The van der Waals surface area contributed by atoms with E-state index in [1.165, 1.54) is 0 Å². The maximum absolute atomic E-state index is 12.6. The Kier molecular flexibility index (Phi) is 6.13. The van der Waals surface area contributed by atoms with E-state index in [1.807, 2.05) is 36.4 Å². The Morgan fingerprint density at radius 3 is 2.52 bits per heavy atom. The van der Waals surface area contributed by atoms with Gasteiger partial charge < -0.3 is 19.5 Å². The van der Waals surface area contributed by atoms with Gasteiger partial charge in [-0.1, -0.05) is 0 Å². The topological polar surface area (TPSA) is 69.0 Å². The predicted octanol–water partition coefficient (Wildman–Crippen LogP) is 2.57. The molecule has 0 radical (unpaired) electrons. The van der Waals surface area contributed by atoms with Crippen LogP contribution in [0.2, 0.25) is 0 Å². The van der Waals surface area contributed by atoms with Crippen molar-refractivity contribution in [2.75, 3.05) is 52.1 Å². The molecule has 7 heteroatoms. The van der Waals surface area contributed by atoms with E-state index in [1.54, 1.807) is 30.2 Å². The molecule has 1 aromatic carbocycles. The maximum Gasteiger partial charge on any atom is 0.321 e. The average molecular weight is 370 g/mol. The molecule has 0 atom stereocenters. The SMILES string of the molecule is CN(C)C(=O)CN1CCCN(C(=O)Nc2ccc(-c3ccco3)cc2)CC1. The van der Waals surface area contributed by atoms with Gasteiger partial charge in [0.05, 0.1) is 12.8 Å². The van der Waals surface area contributed by atoms with Crippen molar-refractivity contribution in [3.8, 4) is 11.3 Å². The fourth-order valence-corrected chi connectivity index (χ4v) is 3.03. The second kappa shape index (κ2) is 8.73. The van der Waals surface area contributed by atoms with E-state index in [0.29, 0.717) is 26.2 Å². The Labute approximate surface area is 159 Å². The smallest absolute Gasteiger partial charge is 0.321 e. The lowest BCUT2D eigenvalue weighted by molar-refractivity contribution is -0.129. The number of benzene rings is 1. The lowest BCUT2D eigenvalue weighted by Gasteiger charge is -2.23. The molecule has 1 N–H and O–H groups in total. The fourth-order valence-electron chi connectivity index (χ4n) is 3.03. The van der Waals surface area contributed by atoms with Gasteiger partial charge >= 0.3 is 6.03 Å². The van der Waals surface area contributed by atoms with Gasteiger partial charge in [-0.2, -0.15) is 0 Å². The first-order chi connectivity index (χ1) is 13.0. The number of nitrogens with one attached hydrogen (secondary N) is 1. The lowest BCUT2D eigenvalue weighted by atomic mass is 10.1. The van der Waals surface area contributed by atoms with Crippen LogP contribution in [0.1, 0.15) is 6.42 Å². The van der Waals surface area contributed by atoms with Crippen LogP contribution in [0.25, 0.3) is 11.3 Å². The molecule has 144 valence electrons. The zero-order valence-electron chi connectivity index (χ0n) is 15.9. The monoisotopic (exact) mass is 370 g/mol.